The van der Waals surface area contributed by atoms with Crippen molar-refractivity contribution in [2.75, 3.05) is 32.4 Å². The van der Waals surface area contributed by atoms with Crippen LogP contribution in [0, 0.1) is 0 Å². The van der Waals surface area contributed by atoms with Crippen LogP contribution in [0.25, 0.3) is 5.52 Å². The van der Waals surface area contributed by atoms with Gasteiger partial charge in [-0.2, -0.15) is 5.10 Å². The fourth-order valence-electron chi connectivity index (χ4n) is 3.08. The predicted octanol–water partition coefficient (Wildman–Crippen LogP) is 2.33. The second-order valence-electron chi connectivity index (χ2n) is 5.88. The lowest BCUT2D eigenvalue weighted by Gasteiger charge is -2.34. The van der Waals surface area contributed by atoms with Crippen molar-refractivity contribution >= 4 is 33.3 Å². The number of halogens is 1. The van der Waals surface area contributed by atoms with E-state index in [-0.39, 0.29) is 6.03 Å². The van der Waals surface area contributed by atoms with Gasteiger partial charge in [0.1, 0.15) is 11.8 Å². The van der Waals surface area contributed by atoms with Crippen molar-refractivity contribution in [3.63, 3.8) is 0 Å². The molecular formula is C15H21BrN6O. The molecule has 1 aliphatic heterocycles. The molecule has 23 heavy (non-hydrogen) atoms. The third kappa shape index (κ3) is 2.87. The van der Waals surface area contributed by atoms with E-state index in [4.69, 9.17) is 5.73 Å². The van der Waals surface area contributed by atoms with Crippen molar-refractivity contribution in [2.45, 2.75) is 25.7 Å². The van der Waals surface area contributed by atoms with E-state index in [1.165, 1.54) is 6.33 Å². The molecule has 2 aromatic heterocycles. The Morgan fingerprint density at radius 2 is 2.17 bits per heavy atom. The Hall–Kier alpha value is -1.83. The lowest BCUT2D eigenvalue weighted by atomic mass is 9.94. The van der Waals surface area contributed by atoms with Gasteiger partial charge < -0.3 is 15.5 Å². The Labute approximate surface area is 143 Å². The van der Waals surface area contributed by atoms with Crippen LogP contribution in [0.15, 0.2) is 16.9 Å². The standard InChI is InChI=1S/C15H21BrN6O/c1-3-20(2)15(23)21-6-4-10(5-7-21)12-8-11(16)13-14(17)18-9-19-22(12)13/h8-10H,3-7H2,1-2H3,(H2,17,18,19). The molecule has 0 spiro atoms. The molecule has 0 aliphatic carbocycles. The van der Waals surface area contributed by atoms with Gasteiger partial charge in [-0.15, -0.1) is 0 Å². The van der Waals surface area contributed by atoms with Crippen molar-refractivity contribution in [2.24, 2.45) is 0 Å². The molecule has 0 radical (unpaired) electrons. The number of rotatable bonds is 2. The van der Waals surface area contributed by atoms with Gasteiger partial charge in [0, 0.05) is 42.8 Å². The highest BCUT2D eigenvalue weighted by Crippen LogP contribution is 2.34. The summed E-state index contributed by atoms with van der Waals surface area (Å²) < 4.78 is 2.78. The molecule has 0 unspecified atom stereocenters. The predicted molar refractivity (Wildman–Crippen MR) is 92.3 cm³/mol. The molecule has 3 heterocycles. The molecule has 1 fully saturated rings. The van der Waals surface area contributed by atoms with E-state index in [9.17, 15) is 4.79 Å². The van der Waals surface area contributed by atoms with Gasteiger partial charge in [0.05, 0.1) is 0 Å². The fourth-order valence-corrected chi connectivity index (χ4v) is 3.69. The molecule has 1 saturated heterocycles. The summed E-state index contributed by atoms with van der Waals surface area (Å²) in [6.45, 7) is 4.24. The van der Waals surface area contributed by atoms with E-state index < -0.39 is 0 Å². The monoisotopic (exact) mass is 380 g/mol. The van der Waals surface area contributed by atoms with Crippen molar-refractivity contribution in [1.29, 1.82) is 0 Å². The first-order chi connectivity index (χ1) is 11.0. The molecule has 7 nitrogen and oxygen atoms in total. The van der Waals surface area contributed by atoms with Crippen LogP contribution < -0.4 is 5.73 Å². The molecule has 8 heteroatoms. The number of likely N-dealkylation sites (tertiary alicyclic amines) is 1. The Balaban J connectivity index is 1.79. The number of fused-ring (bicyclic) bond motifs is 1. The number of urea groups is 1. The average molecular weight is 381 g/mol. The second kappa shape index (κ2) is 6.35. The molecule has 3 rings (SSSR count). The number of amides is 2. The molecule has 0 atom stereocenters. The van der Waals surface area contributed by atoms with E-state index in [2.05, 4.69) is 32.1 Å². The minimum Gasteiger partial charge on any atom is -0.382 e. The third-order valence-corrected chi connectivity index (χ3v) is 5.15. The average Bonchev–Trinajstić information content (AvgIpc) is 2.92. The molecule has 1 aliphatic rings. The van der Waals surface area contributed by atoms with Gasteiger partial charge in [-0.3, -0.25) is 0 Å². The maximum atomic E-state index is 12.2. The zero-order valence-corrected chi connectivity index (χ0v) is 15.0. The number of carbonyl (C=O) groups is 1. The maximum absolute atomic E-state index is 12.2. The maximum Gasteiger partial charge on any atom is 0.319 e. The molecule has 2 N–H and O–H groups in total. The molecule has 124 valence electrons. The summed E-state index contributed by atoms with van der Waals surface area (Å²) in [5, 5.41) is 4.34. The van der Waals surface area contributed by atoms with Crippen LogP contribution in [-0.4, -0.2) is 57.1 Å². The number of piperidine rings is 1. The summed E-state index contributed by atoms with van der Waals surface area (Å²) in [6, 6.07) is 2.18. The minimum atomic E-state index is 0.110. The summed E-state index contributed by atoms with van der Waals surface area (Å²) in [5.41, 5.74) is 7.88. The summed E-state index contributed by atoms with van der Waals surface area (Å²) in [5.74, 6) is 0.828. The van der Waals surface area contributed by atoms with Gasteiger partial charge in [-0.1, -0.05) is 0 Å². The van der Waals surface area contributed by atoms with E-state index >= 15 is 0 Å². The van der Waals surface area contributed by atoms with E-state index in [1.54, 1.807) is 4.90 Å². The number of nitrogens with two attached hydrogens (primary N) is 1. The minimum absolute atomic E-state index is 0.110. The summed E-state index contributed by atoms with van der Waals surface area (Å²) in [4.78, 5) is 20.0. The normalized spacial score (nSPS) is 16.0. The highest BCUT2D eigenvalue weighted by Gasteiger charge is 2.28. The van der Waals surface area contributed by atoms with Gasteiger partial charge >= 0.3 is 6.03 Å². The quantitative estimate of drug-likeness (QED) is 0.866. The summed E-state index contributed by atoms with van der Waals surface area (Å²) in [7, 11) is 1.84. The lowest BCUT2D eigenvalue weighted by Crippen LogP contribution is -2.44. The van der Waals surface area contributed by atoms with Crippen LogP contribution in [0.1, 0.15) is 31.4 Å². The Morgan fingerprint density at radius 3 is 2.83 bits per heavy atom. The van der Waals surface area contributed by atoms with Crippen molar-refractivity contribution in [3.8, 4) is 0 Å². The van der Waals surface area contributed by atoms with Gasteiger partial charge in [-0.25, -0.2) is 14.3 Å². The highest BCUT2D eigenvalue weighted by molar-refractivity contribution is 9.10. The van der Waals surface area contributed by atoms with Crippen molar-refractivity contribution < 1.29 is 4.79 Å². The molecule has 2 aromatic rings. The van der Waals surface area contributed by atoms with Crippen LogP contribution >= 0.6 is 15.9 Å². The van der Waals surface area contributed by atoms with Gasteiger partial charge in [-0.05, 0) is 41.8 Å². The zero-order chi connectivity index (χ0) is 16.6. The SMILES string of the molecule is CCN(C)C(=O)N1CCC(c2cc(Br)c3c(N)ncnn23)CC1. The van der Waals surface area contributed by atoms with Crippen molar-refractivity contribution in [1.82, 2.24) is 24.4 Å². The van der Waals surface area contributed by atoms with E-state index in [0.29, 0.717) is 11.7 Å². The third-order valence-electron chi connectivity index (χ3n) is 4.55. The number of anilines is 1. The van der Waals surface area contributed by atoms with Crippen LogP contribution in [0.4, 0.5) is 10.6 Å². The summed E-state index contributed by atoms with van der Waals surface area (Å²) in [6.07, 6.45) is 3.32. The van der Waals surface area contributed by atoms with Crippen LogP contribution in [-0.2, 0) is 0 Å². The second-order valence-corrected chi connectivity index (χ2v) is 6.74. The Bertz CT molecular complexity index is 722. The highest BCUT2D eigenvalue weighted by atomic mass is 79.9. The fraction of sp³-hybridized carbons (Fsp3) is 0.533. The number of hydrogen-bond acceptors (Lipinski definition) is 4. The number of hydrogen-bond donors (Lipinski definition) is 1. The topological polar surface area (TPSA) is 79.8 Å². The number of nitrogen functional groups attached to an aromatic ring is 1. The van der Waals surface area contributed by atoms with Crippen LogP contribution in [0.3, 0.4) is 0 Å². The summed E-state index contributed by atoms with van der Waals surface area (Å²) >= 11 is 3.55. The molecular weight excluding hydrogens is 360 g/mol. The number of nitrogens with zero attached hydrogens (tertiary/aromatic N) is 5. The van der Waals surface area contributed by atoms with Gasteiger partial charge in [0.25, 0.3) is 0 Å². The van der Waals surface area contributed by atoms with Gasteiger partial charge in [0.15, 0.2) is 5.82 Å². The van der Waals surface area contributed by atoms with E-state index in [1.807, 2.05) is 23.4 Å². The molecule has 2 amide bonds. The molecule has 0 saturated carbocycles. The van der Waals surface area contributed by atoms with Crippen LogP contribution in [0.2, 0.25) is 0 Å². The lowest BCUT2D eigenvalue weighted by molar-refractivity contribution is 0.150. The Kier molecular flexibility index (Phi) is 4.43. The smallest absolute Gasteiger partial charge is 0.319 e. The van der Waals surface area contributed by atoms with Gasteiger partial charge in [0.2, 0.25) is 0 Å². The number of aromatic nitrogens is 3. The first kappa shape index (κ1) is 16.0. The first-order valence-corrected chi connectivity index (χ1v) is 8.59. The zero-order valence-electron chi connectivity index (χ0n) is 13.4. The first-order valence-electron chi connectivity index (χ1n) is 7.80. The van der Waals surface area contributed by atoms with E-state index in [0.717, 1.165) is 48.2 Å². The van der Waals surface area contributed by atoms with Crippen LogP contribution in [0.5, 0.6) is 0 Å². The number of carbonyl (C=O) groups excluding carboxylic acids is 1. The molecule has 0 aromatic carbocycles. The molecule has 0 bridgehead atoms. The largest absolute Gasteiger partial charge is 0.382 e. The Morgan fingerprint density at radius 1 is 1.48 bits per heavy atom. The van der Waals surface area contributed by atoms with Crippen molar-refractivity contribution in [3.05, 3.63) is 22.6 Å².